The number of nitrogens with zero attached hydrogens (tertiary/aromatic N) is 3. The summed E-state index contributed by atoms with van der Waals surface area (Å²) < 4.78 is 5.78. The van der Waals surface area contributed by atoms with Gasteiger partial charge in [0.15, 0.2) is 0 Å². The maximum absolute atomic E-state index is 13.1. The van der Waals surface area contributed by atoms with Gasteiger partial charge in [-0.1, -0.05) is 25.8 Å². The van der Waals surface area contributed by atoms with Crippen molar-refractivity contribution in [2.75, 3.05) is 18.0 Å². The third-order valence-corrected chi connectivity index (χ3v) is 5.85. The summed E-state index contributed by atoms with van der Waals surface area (Å²) in [5.74, 6) is 0.815. The Morgan fingerprint density at radius 1 is 1.25 bits per heavy atom. The Kier molecular flexibility index (Phi) is 6.97. The summed E-state index contributed by atoms with van der Waals surface area (Å²) in [5, 5.41) is 0. The molecule has 1 aliphatic carbocycles. The molecule has 28 heavy (non-hydrogen) atoms. The third kappa shape index (κ3) is 5.05. The molecular formula is C23H37N3O2. The van der Waals surface area contributed by atoms with E-state index in [0.717, 1.165) is 44.6 Å². The monoisotopic (exact) mass is 387 g/mol. The molecule has 1 saturated heterocycles. The fourth-order valence-electron chi connectivity index (χ4n) is 4.21. The number of anilines is 1. The highest BCUT2D eigenvalue weighted by atomic mass is 16.6. The molecule has 1 aromatic rings. The maximum Gasteiger partial charge on any atom is 0.416 e. The van der Waals surface area contributed by atoms with Crippen LogP contribution in [0.2, 0.25) is 0 Å². The van der Waals surface area contributed by atoms with Crippen molar-refractivity contribution in [2.45, 2.75) is 96.7 Å². The lowest BCUT2D eigenvalue weighted by atomic mass is 9.90. The average molecular weight is 388 g/mol. The van der Waals surface area contributed by atoms with Crippen LogP contribution in [0.4, 0.5) is 10.6 Å². The van der Waals surface area contributed by atoms with E-state index in [9.17, 15) is 4.79 Å². The highest BCUT2D eigenvalue weighted by Crippen LogP contribution is 2.39. The summed E-state index contributed by atoms with van der Waals surface area (Å²) >= 11 is 0. The van der Waals surface area contributed by atoms with Gasteiger partial charge in [0.05, 0.1) is 0 Å². The summed E-state index contributed by atoms with van der Waals surface area (Å²) in [7, 11) is 0. The van der Waals surface area contributed by atoms with Gasteiger partial charge in [0.25, 0.3) is 0 Å². The minimum absolute atomic E-state index is 0.205. The molecule has 1 aromatic heterocycles. The summed E-state index contributed by atoms with van der Waals surface area (Å²) in [6.45, 7) is 10.3. The zero-order valence-corrected chi connectivity index (χ0v) is 18.1. The number of rotatable bonds is 6. The van der Waals surface area contributed by atoms with Crippen molar-refractivity contribution in [3.8, 4) is 0 Å². The van der Waals surface area contributed by atoms with Gasteiger partial charge in [0, 0.05) is 23.8 Å². The quantitative estimate of drug-likeness (QED) is 0.628. The van der Waals surface area contributed by atoms with Crippen molar-refractivity contribution in [3.05, 3.63) is 23.9 Å². The number of hydrogen-bond donors (Lipinski definition) is 0. The van der Waals surface area contributed by atoms with E-state index in [4.69, 9.17) is 9.72 Å². The number of likely N-dealkylation sites (tertiary alicyclic amines) is 1. The molecule has 5 nitrogen and oxygen atoms in total. The summed E-state index contributed by atoms with van der Waals surface area (Å²) in [6.07, 6.45) is 10.8. The number of carbonyl (C=O) groups excluding carboxylic acids is 1. The Labute approximate surface area is 170 Å². The van der Waals surface area contributed by atoms with Crippen LogP contribution in [0.1, 0.15) is 90.7 Å². The highest BCUT2D eigenvalue weighted by molar-refractivity contribution is 5.88. The van der Waals surface area contributed by atoms with Gasteiger partial charge in [-0.15, -0.1) is 0 Å². The van der Waals surface area contributed by atoms with Crippen LogP contribution in [0.15, 0.2) is 18.3 Å². The number of ether oxygens (including phenoxy) is 1. The molecule has 0 bridgehead atoms. The van der Waals surface area contributed by atoms with Crippen LogP contribution in [0.3, 0.4) is 0 Å². The van der Waals surface area contributed by atoms with E-state index in [-0.39, 0.29) is 12.1 Å². The molecule has 3 rings (SSSR count). The molecule has 1 aliphatic heterocycles. The van der Waals surface area contributed by atoms with E-state index in [1.54, 1.807) is 0 Å². The minimum Gasteiger partial charge on any atom is -0.443 e. The first-order valence-electron chi connectivity index (χ1n) is 11.1. The predicted molar refractivity (Wildman–Crippen MR) is 114 cm³/mol. The lowest BCUT2D eigenvalue weighted by Crippen LogP contribution is -2.48. The second kappa shape index (κ2) is 9.25. The second-order valence-electron chi connectivity index (χ2n) is 9.25. The molecule has 5 heteroatoms. The molecule has 0 spiro atoms. The number of pyridine rings is 1. The van der Waals surface area contributed by atoms with Gasteiger partial charge < -0.3 is 4.74 Å². The first-order chi connectivity index (χ1) is 13.4. The Morgan fingerprint density at radius 2 is 2.04 bits per heavy atom. The zero-order valence-electron chi connectivity index (χ0n) is 18.1. The molecule has 2 aliphatic rings. The Balaban J connectivity index is 1.92. The molecule has 1 atom stereocenters. The molecule has 0 N–H and O–H groups in total. The Bertz CT molecular complexity index is 651. The molecule has 2 heterocycles. The van der Waals surface area contributed by atoms with Gasteiger partial charge in [-0.25, -0.2) is 9.78 Å². The number of unbranched alkanes of at least 4 members (excludes halogenated alkanes) is 1. The topological polar surface area (TPSA) is 45.7 Å². The fourth-order valence-corrected chi connectivity index (χ4v) is 4.21. The van der Waals surface area contributed by atoms with Gasteiger partial charge in [-0.05, 0) is 78.5 Å². The number of hydrogen-bond acceptors (Lipinski definition) is 4. The first kappa shape index (κ1) is 21.1. The average Bonchev–Trinajstić information content (AvgIpc) is 2.61. The zero-order chi connectivity index (χ0) is 20.1. The number of aromatic nitrogens is 1. The predicted octanol–water partition coefficient (Wildman–Crippen LogP) is 5.70. The van der Waals surface area contributed by atoms with Gasteiger partial charge in [-0.2, -0.15) is 0 Å². The molecule has 0 radical (unpaired) electrons. The smallest absolute Gasteiger partial charge is 0.416 e. The molecule has 2 fully saturated rings. The highest BCUT2D eigenvalue weighted by Gasteiger charge is 2.37. The van der Waals surface area contributed by atoms with Gasteiger partial charge >= 0.3 is 6.09 Å². The van der Waals surface area contributed by atoms with E-state index < -0.39 is 5.60 Å². The van der Waals surface area contributed by atoms with Crippen molar-refractivity contribution in [2.24, 2.45) is 0 Å². The van der Waals surface area contributed by atoms with E-state index in [2.05, 4.69) is 17.9 Å². The third-order valence-electron chi connectivity index (χ3n) is 5.85. The number of carbonyl (C=O) groups is 1. The van der Waals surface area contributed by atoms with E-state index in [0.29, 0.717) is 6.04 Å². The van der Waals surface area contributed by atoms with E-state index in [1.165, 1.54) is 31.2 Å². The SMILES string of the molecule is CCCCN1CCCCC1c1cccnc1N(C(=O)OC(C)(C)C)C1CCC1. The van der Waals surface area contributed by atoms with Crippen LogP contribution in [0.25, 0.3) is 0 Å². The normalized spacial score (nSPS) is 21.2. The van der Waals surface area contributed by atoms with Crippen LogP contribution in [-0.4, -0.2) is 40.7 Å². The summed E-state index contributed by atoms with van der Waals surface area (Å²) in [4.78, 5) is 22.3. The molecular weight excluding hydrogens is 350 g/mol. The van der Waals surface area contributed by atoms with E-state index >= 15 is 0 Å². The van der Waals surface area contributed by atoms with Gasteiger partial charge in [0.1, 0.15) is 11.4 Å². The van der Waals surface area contributed by atoms with Crippen molar-refractivity contribution in [1.29, 1.82) is 0 Å². The number of piperidine rings is 1. The lowest BCUT2D eigenvalue weighted by Gasteiger charge is -2.41. The van der Waals surface area contributed by atoms with Crippen LogP contribution < -0.4 is 4.90 Å². The second-order valence-corrected chi connectivity index (χ2v) is 9.25. The van der Waals surface area contributed by atoms with Crippen molar-refractivity contribution in [3.63, 3.8) is 0 Å². The van der Waals surface area contributed by atoms with E-state index in [1.807, 2.05) is 37.9 Å². The first-order valence-corrected chi connectivity index (χ1v) is 11.1. The minimum atomic E-state index is -0.508. The largest absolute Gasteiger partial charge is 0.443 e. The lowest BCUT2D eigenvalue weighted by molar-refractivity contribution is 0.0546. The summed E-state index contributed by atoms with van der Waals surface area (Å²) in [5.41, 5.74) is 0.683. The summed E-state index contributed by atoms with van der Waals surface area (Å²) in [6, 6.07) is 4.73. The van der Waals surface area contributed by atoms with Crippen LogP contribution in [0.5, 0.6) is 0 Å². The van der Waals surface area contributed by atoms with Crippen molar-refractivity contribution < 1.29 is 9.53 Å². The molecule has 156 valence electrons. The molecule has 1 amide bonds. The van der Waals surface area contributed by atoms with Crippen molar-refractivity contribution >= 4 is 11.9 Å². The fraction of sp³-hybridized carbons (Fsp3) is 0.739. The van der Waals surface area contributed by atoms with Crippen molar-refractivity contribution in [1.82, 2.24) is 9.88 Å². The van der Waals surface area contributed by atoms with Crippen LogP contribution in [-0.2, 0) is 4.74 Å². The van der Waals surface area contributed by atoms with Crippen LogP contribution >= 0.6 is 0 Å². The maximum atomic E-state index is 13.1. The van der Waals surface area contributed by atoms with Crippen LogP contribution in [0, 0.1) is 0 Å². The Morgan fingerprint density at radius 3 is 2.68 bits per heavy atom. The Hall–Kier alpha value is -1.62. The molecule has 1 unspecified atom stereocenters. The van der Waals surface area contributed by atoms with Gasteiger partial charge in [0.2, 0.25) is 0 Å². The van der Waals surface area contributed by atoms with Gasteiger partial charge in [-0.3, -0.25) is 9.80 Å². The number of amides is 1. The molecule has 1 saturated carbocycles. The molecule has 0 aromatic carbocycles. The standard InChI is InChI=1S/C23H37N3O2/c1-5-6-16-25-17-8-7-14-20(25)19-13-10-15-24-21(19)26(18-11-9-12-18)22(27)28-23(2,3)4/h10,13,15,18,20H,5-9,11-12,14,16-17H2,1-4H3.